The zero-order valence-electron chi connectivity index (χ0n) is 8.55. The van der Waals surface area contributed by atoms with Crippen LogP contribution >= 0.6 is 7.59 Å². The van der Waals surface area contributed by atoms with E-state index in [-0.39, 0.29) is 17.1 Å². The predicted molar refractivity (Wildman–Crippen MR) is 48.7 cm³/mol. The smallest absolute Gasteiger partial charge is 0.270 e. The Kier molecular flexibility index (Phi) is 6.78. The van der Waals surface area contributed by atoms with Crippen LogP contribution in [-0.2, 0) is 21.6 Å². The standard InChI is InChI=1S/C6H18N3OP.Fe/c1-7(2)11(10,8(3)4)9(5)6;/h1-6H3;. The van der Waals surface area contributed by atoms with Crippen molar-refractivity contribution in [3.8, 4) is 0 Å². The summed E-state index contributed by atoms with van der Waals surface area (Å²) in [7, 11) is 8.49. The van der Waals surface area contributed by atoms with E-state index in [0.717, 1.165) is 0 Å². The van der Waals surface area contributed by atoms with Crippen molar-refractivity contribution in [1.29, 1.82) is 0 Å². The molecule has 0 fully saturated rings. The number of hydrogen-bond acceptors (Lipinski definition) is 1. The molecule has 0 aromatic heterocycles. The van der Waals surface area contributed by atoms with Crippen LogP contribution in [0.1, 0.15) is 0 Å². The molecule has 0 N–H and O–H groups in total. The van der Waals surface area contributed by atoms with E-state index in [1.54, 1.807) is 14.0 Å². The van der Waals surface area contributed by atoms with Gasteiger partial charge in [0, 0.05) is 17.1 Å². The molecule has 0 amide bonds. The minimum absolute atomic E-state index is 0. The van der Waals surface area contributed by atoms with Crippen molar-refractivity contribution >= 4 is 7.59 Å². The van der Waals surface area contributed by atoms with Gasteiger partial charge in [-0.1, -0.05) is 0 Å². The molecule has 6 heteroatoms. The summed E-state index contributed by atoms with van der Waals surface area (Å²) < 4.78 is 17.3. The van der Waals surface area contributed by atoms with Gasteiger partial charge >= 0.3 is 0 Å². The Morgan fingerprint density at radius 3 is 0.917 bits per heavy atom. The maximum Gasteiger partial charge on any atom is 0.285 e. The quantitative estimate of drug-likeness (QED) is 0.533. The van der Waals surface area contributed by atoms with Crippen LogP contribution in [0, 0.1) is 0 Å². The fraction of sp³-hybridized carbons (Fsp3) is 1.00. The van der Waals surface area contributed by atoms with Gasteiger partial charge in [-0.3, -0.25) is 4.57 Å². The Morgan fingerprint density at radius 1 is 0.750 bits per heavy atom. The molecule has 0 spiro atoms. The molecule has 0 atom stereocenters. The van der Waals surface area contributed by atoms with Gasteiger partial charge < -0.3 is 0 Å². The van der Waals surface area contributed by atoms with Gasteiger partial charge in [-0.25, -0.2) is 14.0 Å². The zero-order valence-corrected chi connectivity index (χ0v) is 10.5. The molecule has 0 rings (SSSR count). The van der Waals surface area contributed by atoms with Crippen molar-refractivity contribution in [1.82, 2.24) is 14.0 Å². The topological polar surface area (TPSA) is 26.8 Å². The molecule has 0 aromatic rings. The largest absolute Gasteiger partial charge is 0.285 e. The van der Waals surface area contributed by atoms with E-state index >= 15 is 0 Å². The Hall–Kier alpha value is 0.629. The van der Waals surface area contributed by atoms with E-state index in [4.69, 9.17) is 0 Å². The second-order valence-corrected chi connectivity index (χ2v) is 6.48. The first-order valence-electron chi connectivity index (χ1n) is 3.47. The van der Waals surface area contributed by atoms with Gasteiger partial charge in [0.15, 0.2) is 0 Å². The van der Waals surface area contributed by atoms with Crippen LogP contribution in [0.25, 0.3) is 0 Å². The van der Waals surface area contributed by atoms with Gasteiger partial charge in [-0.2, -0.15) is 0 Å². The van der Waals surface area contributed by atoms with Crippen molar-refractivity contribution in [2.75, 3.05) is 42.3 Å². The van der Waals surface area contributed by atoms with Crippen LogP contribution in [0.4, 0.5) is 0 Å². The normalized spacial score (nSPS) is 12.4. The fourth-order valence-electron chi connectivity index (χ4n) is 1.07. The molecule has 0 saturated carbocycles. The first-order chi connectivity index (χ1) is 4.83. The Balaban J connectivity index is 0. The van der Waals surface area contributed by atoms with Gasteiger partial charge in [0.1, 0.15) is 0 Å². The summed E-state index contributed by atoms with van der Waals surface area (Å²) in [4.78, 5) is 0. The summed E-state index contributed by atoms with van der Waals surface area (Å²) in [5, 5.41) is 0. The summed E-state index contributed by atoms with van der Waals surface area (Å²) in [5.74, 6) is 0. The van der Waals surface area contributed by atoms with E-state index in [2.05, 4.69) is 0 Å². The summed E-state index contributed by atoms with van der Waals surface area (Å²) in [5.41, 5.74) is 0. The van der Waals surface area contributed by atoms with Gasteiger partial charge in [0.2, 0.25) is 0 Å². The molecule has 4 nitrogen and oxygen atoms in total. The van der Waals surface area contributed by atoms with Gasteiger partial charge in [-0.05, 0) is 42.3 Å². The van der Waals surface area contributed by atoms with E-state index in [1.807, 2.05) is 42.3 Å². The third kappa shape index (κ3) is 2.84. The third-order valence-electron chi connectivity index (χ3n) is 1.56. The SMILES string of the molecule is CN(C)P(=O)(N(C)C)N(C)C.[Fe]. The molecule has 0 aromatic carbocycles. The molecule has 0 radical (unpaired) electrons. The van der Waals surface area contributed by atoms with Crippen molar-refractivity contribution in [2.45, 2.75) is 0 Å². The first kappa shape index (κ1) is 15.1. The van der Waals surface area contributed by atoms with E-state index in [1.165, 1.54) is 0 Å². The number of rotatable bonds is 3. The van der Waals surface area contributed by atoms with E-state index < -0.39 is 7.59 Å². The van der Waals surface area contributed by atoms with Crippen LogP contribution in [0.15, 0.2) is 0 Å². The summed E-state index contributed by atoms with van der Waals surface area (Å²) in [6.45, 7) is 0. The average molecular weight is 235 g/mol. The van der Waals surface area contributed by atoms with Crippen molar-refractivity contribution < 1.29 is 21.6 Å². The summed E-state index contributed by atoms with van der Waals surface area (Å²) in [6, 6.07) is 0. The number of nitrogens with zero attached hydrogens (tertiary/aromatic N) is 3. The third-order valence-corrected chi connectivity index (χ3v) is 4.69. The Morgan fingerprint density at radius 2 is 0.917 bits per heavy atom. The molecular weight excluding hydrogens is 217 g/mol. The molecular formula is C6H18FeN3OP. The number of hydrogen-bond donors (Lipinski definition) is 0. The van der Waals surface area contributed by atoms with Crippen molar-refractivity contribution in [3.63, 3.8) is 0 Å². The molecule has 0 aliphatic heterocycles. The maximum atomic E-state index is 12.1. The predicted octanol–water partition coefficient (Wildman–Crippen LogP) is 0.777. The monoisotopic (exact) mass is 235 g/mol. The average Bonchev–Trinajstić information content (AvgIpc) is 1.84. The molecule has 0 bridgehead atoms. The molecule has 0 unspecified atom stereocenters. The zero-order chi connectivity index (χ0) is 9.23. The van der Waals surface area contributed by atoms with E-state index in [9.17, 15) is 4.57 Å². The van der Waals surface area contributed by atoms with Crippen LogP contribution in [0.3, 0.4) is 0 Å². The Bertz CT molecular complexity index is 144. The molecule has 76 valence electrons. The van der Waals surface area contributed by atoms with Gasteiger partial charge in [0.25, 0.3) is 7.59 Å². The van der Waals surface area contributed by atoms with Crippen LogP contribution in [0.2, 0.25) is 0 Å². The molecule has 0 aliphatic rings. The molecule has 12 heavy (non-hydrogen) atoms. The molecule has 0 heterocycles. The fourth-order valence-corrected chi connectivity index (χ4v) is 3.22. The van der Waals surface area contributed by atoms with Crippen molar-refractivity contribution in [2.24, 2.45) is 0 Å². The van der Waals surface area contributed by atoms with E-state index in [0.29, 0.717) is 0 Å². The minimum atomic E-state index is -2.44. The van der Waals surface area contributed by atoms with Crippen molar-refractivity contribution in [3.05, 3.63) is 0 Å². The van der Waals surface area contributed by atoms with Gasteiger partial charge in [-0.15, -0.1) is 0 Å². The van der Waals surface area contributed by atoms with Crippen LogP contribution < -0.4 is 0 Å². The maximum absolute atomic E-state index is 12.1. The minimum Gasteiger partial charge on any atom is -0.270 e. The van der Waals surface area contributed by atoms with Crippen LogP contribution in [0.5, 0.6) is 0 Å². The Labute approximate surface area is 85.9 Å². The summed E-state index contributed by atoms with van der Waals surface area (Å²) in [6.07, 6.45) is 0. The first-order valence-corrected chi connectivity index (χ1v) is 5.03. The van der Waals surface area contributed by atoms with Crippen LogP contribution in [-0.4, -0.2) is 56.3 Å². The molecule has 0 aliphatic carbocycles. The van der Waals surface area contributed by atoms with Gasteiger partial charge in [0.05, 0.1) is 0 Å². The molecule has 0 saturated heterocycles. The second-order valence-electron chi connectivity index (χ2n) is 3.05. The second kappa shape index (κ2) is 5.38. The summed E-state index contributed by atoms with van der Waals surface area (Å²) >= 11 is 0.